The molecule has 0 saturated heterocycles. The van der Waals surface area contributed by atoms with Crippen molar-refractivity contribution in [1.29, 1.82) is 0 Å². The van der Waals surface area contributed by atoms with E-state index in [1.807, 2.05) is 29.8 Å². The largest absolute Gasteiger partial charge is 0.356 e. The summed E-state index contributed by atoms with van der Waals surface area (Å²) in [5.74, 6) is 1.16. The third-order valence-electron chi connectivity index (χ3n) is 4.63. The van der Waals surface area contributed by atoms with Crippen molar-refractivity contribution in [2.45, 2.75) is 59.8 Å². The third kappa shape index (κ3) is 4.91. The highest BCUT2D eigenvalue weighted by Gasteiger charge is 2.17. The van der Waals surface area contributed by atoms with Gasteiger partial charge in [0.15, 0.2) is 5.82 Å². The van der Waals surface area contributed by atoms with Crippen LogP contribution in [-0.2, 0) is 11.2 Å². The minimum Gasteiger partial charge on any atom is -0.356 e. The molecule has 0 aliphatic rings. The molecule has 2 heterocycles. The van der Waals surface area contributed by atoms with E-state index in [1.54, 1.807) is 6.20 Å². The van der Waals surface area contributed by atoms with Crippen LogP contribution in [0, 0.1) is 19.8 Å². The summed E-state index contributed by atoms with van der Waals surface area (Å²) in [7, 11) is 0. The quantitative estimate of drug-likeness (QED) is 0.755. The molecule has 0 bridgehead atoms. The fourth-order valence-electron chi connectivity index (χ4n) is 3.30. The van der Waals surface area contributed by atoms with Crippen LogP contribution in [0.1, 0.15) is 56.5 Å². The van der Waals surface area contributed by atoms with Crippen LogP contribution in [0.4, 0.5) is 0 Å². The lowest BCUT2D eigenvalue weighted by Crippen LogP contribution is -2.32. The van der Waals surface area contributed by atoms with Crippen molar-refractivity contribution in [3.63, 3.8) is 0 Å². The lowest BCUT2D eigenvalue weighted by atomic mass is 9.97. The highest BCUT2D eigenvalue weighted by molar-refractivity contribution is 5.78. The average molecular weight is 342 g/mol. The van der Waals surface area contributed by atoms with Gasteiger partial charge in [0.1, 0.15) is 0 Å². The minimum atomic E-state index is 0.147. The van der Waals surface area contributed by atoms with Crippen molar-refractivity contribution in [2.75, 3.05) is 6.54 Å². The fraction of sp³-hybridized carbons (Fsp3) is 0.550. The average Bonchev–Trinajstić information content (AvgIpc) is 2.90. The first-order valence-corrected chi connectivity index (χ1v) is 9.32. The first-order chi connectivity index (χ1) is 12.1. The lowest BCUT2D eigenvalue weighted by Gasteiger charge is -2.15. The van der Waals surface area contributed by atoms with Crippen LogP contribution < -0.4 is 5.32 Å². The molecule has 0 spiro atoms. The van der Waals surface area contributed by atoms with Crippen LogP contribution in [0.25, 0.3) is 5.82 Å². The molecule has 1 N–H and O–H groups in total. The van der Waals surface area contributed by atoms with Crippen LogP contribution in [-0.4, -0.2) is 27.2 Å². The Kier molecular flexibility index (Phi) is 7.16. The van der Waals surface area contributed by atoms with Gasteiger partial charge in [0, 0.05) is 24.4 Å². The van der Waals surface area contributed by atoms with Gasteiger partial charge in [-0.15, -0.1) is 0 Å². The molecule has 2 aromatic heterocycles. The Morgan fingerprint density at radius 1 is 1.20 bits per heavy atom. The SMILES string of the molecule is CCCC(CCC)C(=O)NCCc1c(C)nn(-c2ccccn2)c1C. The molecule has 2 rings (SSSR count). The van der Waals surface area contributed by atoms with Gasteiger partial charge in [0.2, 0.25) is 5.91 Å². The van der Waals surface area contributed by atoms with Gasteiger partial charge >= 0.3 is 0 Å². The lowest BCUT2D eigenvalue weighted by molar-refractivity contribution is -0.125. The van der Waals surface area contributed by atoms with E-state index in [-0.39, 0.29) is 11.8 Å². The summed E-state index contributed by atoms with van der Waals surface area (Å²) in [6.07, 6.45) is 6.60. The first-order valence-electron chi connectivity index (χ1n) is 9.32. The fourth-order valence-corrected chi connectivity index (χ4v) is 3.30. The number of nitrogens with zero attached hydrogens (tertiary/aromatic N) is 3. The Bertz CT molecular complexity index is 673. The molecule has 25 heavy (non-hydrogen) atoms. The summed E-state index contributed by atoms with van der Waals surface area (Å²) >= 11 is 0. The molecule has 0 radical (unpaired) electrons. The van der Waals surface area contributed by atoms with Gasteiger partial charge in [-0.1, -0.05) is 32.8 Å². The van der Waals surface area contributed by atoms with E-state index < -0.39 is 0 Å². The predicted octanol–water partition coefficient (Wildman–Crippen LogP) is 3.76. The van der Waals surface area contributed by atoms with Gasteiger partial charge < -0.3 is 5.32 Å². The van der Waals surface area contributed by atoms with Gasteiger partial charge in [0.05, 0.1) is 5.69 Å². The van der Waals surface area contributed by atoms with Crippen molar-refractivity contribution < 1.29 is 4.79 Å². The van der Waals surface area contributed by atoms with Gasteiger partial charge in [-0.25, -0.2) is 9.67 Å². The topological polar surface area (TPSA) is 59.8 Å². The number of aryl methyl sites for hydroxylation is 1. The summed E-state index contributed by atoms with van der Waals surface area (Å²) in [5.41, 5.74) is 3.27. The molecule has 5 nitrogen and oxygen atoms in total. The molecule has 0 aliphatic heterocycles. The number of hydrogen-bond donors (Lipinski definition) is 1. The van der Waals surface area contributed by atoms with Crippen LogP contribution in [0.3, 0.4) is 0 Å². The summed E-state index contributed by atoms with van der Waals surface area (Å²) in [6, 6.07) is 5.81. The molecule has 0 saturated carbocycles. The summed E-state index contributed by atoms with van der Waals surface area (Å²) in [5, 5.41) is 7.73. The highest BCUT2D eigenvalue weighted by atomic mass is 16.1. The van der Waals surface area contributed by atoms with E-state index in [1.165, 1.54) is 5.56 Å². The number of pyridine rings is 1. The molecular weight excluding hydrogens is 312 g/mol. The van der Waals surface area contributed by atoms with E-state index in [9.17, 15) is 4.79 Å². The molecule has 0 fully saturated rings. The van der Waals surface area contributed by atoms with Crippen LogP contribution in [0.15, 0.2) is 24.4 Å². The Morgan fingerprint density at radius 2 is 1.92 bits per heavy atom. The van der Waals surface area contributed by atoms with Crippen molar-refractivity contribution in [1.82, 2.24) is 20.1 Å². The monoisotopic (exact) mass is 342 g/mol. The van der Waals surface area contributed by atoms with Gasteiger partial charge in [-0.05, 0) is 50.8 Å². The number of aromatic nitrogens is 3. The Hall–Kier alpha value is -2.17. The zero-order valence-electron chi connectivity index (χ0n) is 15.9. The Morgan fingerprint density at radius 3 is 2.52 bits per heavy atom. The minimum absolute atomic E-state index is 0.147. The molecule has 1 amide bonds. The Labute approximate surface area is 150 Å². The van der Waals surface area contributed by atoms with E-state index in [0.717, 1.165) is 49.3 Å². The van der Waals surface area contributed by atoms with E-state index in [4.69, 9.17) is 0 Å². The normalized spacial score (nSPS) is 11.1. The number of hydrogen-bond acceptors (Lipinski definition) is 3. The highest BCUT2D eigenvalue weighted by Crippen LogP contribution is 2.17. The smallest absolute Gasteiger partial charge is 0.223 e. The van der Waals surface area contributed by atoms with Crippen molar-refractivity contribution in [2.24, 2.45) is 5.92 Å². The second kappa shape index (κ2) is 9.35. The third-order valence-corrected chi connectivity index (χ3v) is 4.63. The van der Waals surface area contributed by atoms with Gasteiger partial charge in [-0.2, -0.15) is 5.10 Å². The van der Waals surface area contributed by atoms with Gasteiger partial charge in [0.25, 0.3) is 0 Å². The second-order valence-corrected chi connectivity index (χ2v) is 6.56. The zero-order valence-corrected chi connectivity index (χ0v) is 15.9. The van der Waals surface area contributed by atoms with E-state index in [0.29, 0.717) is 6.54 Å². The summed E-state index contributed by atoms with van der Waals surface area (Å²) in [4.78, 5) is 16.7. The first kappa shape index (κ1) is 19.2. The molecule has 0 aromatic carbocycles. The number of rotatable bonds is 9. The van der Waals surface area contributed by atoms with E-state index >= 15 is 0 Å². The number of nitrogens with one attached hydrogen (secondary N) is 1. The predicted molar refractivity (Wildman–Crippen MR) is 101 cm³/mol. The molecule has 0 aliphatic carbocycles. The van der Waals surface area contributed by atoms with Crippen molar-refractivity contribution in [3.05, 3.63) is 41.3 Å². The van der Waals surface area contributed by atoms with Crippen LogP contribution >= 0.6 is 0 Å². The van der Waals surface area contributed by atoms with Crippen molar-refractivity contribution in [3.8, 4) is 5.82 Å². The summed E-state index contributed by atoms with van der Waals surface area (Å²) in [6.45, 7) is 8.99. The molecule has 136 valence electrons. The van der Waals surface area contributed by atoms with E-state index in [2.05, 4.69) is 36.2 Å². The molecule has 2 aromatic rings. The molecule has 0 unspecified atom stereocenters. The van der Waals surface area contributed by atoms with Crippen LogP contribution in [0.2, 0.25) is 0 Å². The maximum absolute atomic E-state index is 12.4. The second-order valence-electron chi connectivity index (χ2n) is 6.56. The summed E-state index contributed by atoms with van der Waals surface area (Å²) < 4.78 is 1.88. The number of amides is 1. The molecule has 5 heteroatoms. The van der Waals surface area contributed by atoms with Crippen molar-refractivity contribution >= 4 is 5.91 Å². The number of carbonyl (C=O) groups is 1. The molecule has 0 atom stereocenters. The molecular formula is C20H30N4O. The maximum atomic E-state index is 12.4. The standard InChI is InChI=1S/C20H30N4O/c1-5-9-17(10-6-2)20(25)22-14-12-18-15(3)23-24(16(18)4)19-11-7-8-13-21-19/h7-8,11,13,17H,5-6,9-10,12,14H2,1-4H3,(H,22,25). The zero-order chi connectivity index (χ0) is 18.2. The van der Waals surface area contributed by atoms with Crippen LogP contribution in [0.5, 0.6) is 0 Å². The Balaban J connectivity index is 1.99. The van der Waals surface area contributed by atoms with Gasteiger partial charge in [-0.3, -0.25) is 4.79 Å². The number of carbonyl (C=O) groups excluding carboxylic acids is 1. The maximum Gasteiger partial charge on any atom is 0.223 e.